The number of benzene rings is 2. The number of piperazine rings is 1. The number of anilines is 1. The number of nitrogens with zero attached hydrogens (tertiary/aromatic N) is 3. The first-order chi connectivity index (χ1) is 15.5. The molecule has 1 saturated heterocycles. The molecule has 0 aromatic heterocycles. The largest absolute Gasteiger partial charge is 0.484 e. The fourth-order valence-electron chi connectivity index (χ4n) is 4.73. The molecule has 4 rings (SSSR count). The summed E-state index contributed by atoms with van der Waals surface area (Å²) < 4.78 is 5.74. The molecule has 0 bridgehead atoms. The number of ether oxygens (including phenoxy) is 1. The minimum Gasteiger partial charge on any atom is -0.484 e. The molecule has 1 fully saturated rings. The van der Waals surface area contributed by atoms with Gasteiger partial charge in [0.05, 0.1) is 6.04 Å². The third-order valence-electron chi connectivity index (χ3n) is 6.76. The van der Waals surface area contributed by atoms with E-state index in [1.165, 1.54) is 23.2 Å². The van der Waals surface area contributed by atoms with Crippen molar-refractivity contribution in [1.82, 2.24) is 15.1 Å². The summed E-state index contributed by atoms with van der Waals surface area (Å²) in [6.45, 7) is 7.85. The van der Waals surface area contributed by atoms with Crippen molar-refractivity contribution < 1.29 is 9.53 Å². The van der Waals surface area contributed by atoms with E-state index < -0.39 is 0 Å². The van der Waals surface area contributed by atoms with E-state index in [1.807, 2.05) is 31.2 Å². The molecule has 0 aliphatic carbocycles. The van der Waals surface area contributed by atoms with Crippen LogP contribution in [0.5, 0.6) is 5.75 Å². The third-order valence-corrected chi connectivity index (χ3v) is 6.76. The Hall–Kier alpha value is -2.57. The lowest BCUT2D eigenvalue weighted by Crippen LogP contribution is -2.48. The summed E-state index contributed by atoms with van der Waals surface area (Å²) in [5, 5.41) is 3.14. The minimum atomic E-state index is -0.0786. The van der Waals surface area contributed by atoms with Gasteiger partial charge in [-0.3, -0.25) is 9.69 Å². The summed E-state index contributed by atoms with van der Waals surface area (Å²) in [6, 6.07) is 14.8. The van der Waals surface area contributed by atoms with E-state index in [9.17, 15) is 4.79 Å². The van der Waals surface area contributed by atoms with Gasteiger partial charge in [0.15, 0.2) is 6.61 Å². The zero-order chi connectivity index (χ0) is 22.5. The number of fused-ring (bicyclic) bond motifs is 1. The Morgan fingerprint density at radius 2 is 1.84 bits per heavy atom. The molecule has 1 N–H and O–H groups in total. The van der Waals surface area contributed by atoms with Gasteiger partial charge in [-0.25, -0.2) is 0 Å². The van der Waals surface area contributed by atoms with Gasteiger partial charge in [-0.05, 0) is 55.6 Å². The predicted octanol–water partition coefficient (Wildman–Crippen LogP) is 2.86. The van der Waals surface area contributed by atoms with Gasteiger partial charge in [0.2, 0.25) is 0 Å². The van der Waals surface area contributed by atoms with Crippen molar-refractivity contribution in [2.24, 2.45) is 0 Å². The quantitative estimate of drug-likeness (QED) is 0.723. The lowest BCUT2D eigenvalue weighted by molar-refractivity contribution is -0.123. The second-order valence-electron chi connectivity index (χ2n) is 9.13. The zero-order valence-electron chi connectivity index (χ0n) is 19.6. The highest BCUT2D eigenvalue weighted by molar-refractivity contribution is 5.77. The highest BCUT2D eigenvalue weighted by atomic mass is 16.5. The molecule has 6 nitrogen and oxygen atoms in total. The summed E-state index contributed by atoms with van der Waals surface area (Å²) in [4.78, 5) is 19.8. The van der Waals surface area contributed by atoms with Crippen LogP contribution in [0.4, 0.5) is 5.69 Å². The minimum absolute atomic E-state index is 0.0370. The number of likely N-dealkylation sites (N-methyl/N-ethyl adjacent to an activating group) is 1. The maximum absolute atomic E-state index is 12.6. The van der Waals surface area contributed by atoms with Crippen LogP contribution in [0.3, 0.4) is 0 Å². The van der Waals surface area contributed by atoms with Crippen LogP contribution in [0.1, 0.15) is 29.2 Å². The number of carbonyl (C=O) groups is 1. The number of hydrogen-bond donors (Lipinski definition) is 1. The highest BCUT2D eigenvalue weighted by Crippen LogP contribution is 2.31. The maximum atomic E-state index is 12.6. The standard InChI is InChI=1S/C26H36N4O2/c1-20-7-4-5-9-25(20)32-19-26(31)27-18-24(30-15-13-28(2)14-16-30)22-10-11-23-21(17-22)8-6-12-29(23)3/h4-5,7,9-11,17,24H,6,8,12-16,18-19H2,1-3H3,(H,27,31). The number of carbonyl (C=O) groups excluding carboxylic acids is 1. The van der Waals surface area contributed by atoms with E-state index >= 15 is 0 Å². The van der Waals surface area contributed by atoms with E-state index in [4.69, 9.17) is 4.74 Å². The number of nitrogens with one attached hydrogen (secondary N) is 1. The van der Waals surface area contributed by atoms with Crippen molar-refractivity contribution in [2.45, 2.75) is 25.8 Å². The smallest absolute Gasteiger partial charge is 0.258 e. The number of hydrogen-bond acceptors (Lipinski definition) is 5. The van der Waals surface area contributed by atoms with Crippen molar-refractivity contribution in [2.75, 3.05) is 64.9 Å². The first-order valence-corrected chi connectivity index (χ1v) is 11.7. The van der Waals surface area contributed by atoms with Gasteiger partial charge in [-0.15, -0.1) is 0 Å². The fraction of sp³-hybridized carbons (Fsp3) is 0.500. The second-order valence-corrected chi connectivity index (χ2v) is 9.13. The molecular formula is C26H36N4O2. The monoisotopic (exact) mass is 436 g/mol. The summed E-state index contributed by atoms with van der Waals surface area (Å²) in [5.41, 5.74) is 5.09. The van der Waals surface area contributed by atoms with Crippen molar-refractivity contribution >= 4 is 11.6 Å². The van der Waals surface area contributed by atoms with Crippen LogP contribution >= 0.6 is 0 Å². The molecule has 0 saturated carbocycles. The Kier molecular flexibility index (Phi) is 7.33. The van der Waals surface area contributed by atoms with Crippen LogP contribution in [-0.4, -0.2) is 75.7 Å². The first-order valence-electron chi connectivity index (χ1n) is 11.7. The van der Waals surface area contributed by atoms with Gasteiger partial charge in [0.25, 0.3) is 5.91 Å². The second kappa shape index (κ2) is 10.4. The molecular weight excluding hydrogens is 400 g/mol. The van der Waals surface area contributed by atoms with E-state index in [0.717, 1.165) is 50.5 Å². The number of rotatable bonds is 7. The van der Waals surface area contributed by atoms with E-state index in [-0.39, 0.29) is 18.6 Å². The Morgan fingerprint density at radius 1 is 1.06 bits per heavy atom. The van der Waals surface area contributed by atoms with Crippen LogP contribution in [0.2, 0.25) is 0 Å². The summed E-state index contributed by atoms with van der Waals surface area (Å²) in [7, 11) is 4.34. The number of aryl methyl sites for hydroxylation is 2. The van der Waals surface area contributed by atoms with Crippen molar-refractivity contribution in [3.05, 3.63) is 59.2 Å². The van der Waals surface area contributed by atoms with Gasteiger partial charge < -0.3 is 19.9 Å². The maximum Gasteiger partial charge on any atom is 0.258 e. The van der Waals surface area contributed by atoms with E-state index in [2.05, 4.69) is 52.3 Å². The molecule has 6 heteroatoms. The molecule has 1 unspecified atom stereocenters. The Bertz CT molecular complexity index is 924. The van der Waals surface area contributed by atoms with Crippen molar-refractivity contribution in [1.29, 1.82) is 0 Å². The molecule has 2 heterocycles. The molecule has 0 radical (unpaired) electrons. The van der Waals surface area contributed by atoms with Crippen molar-refractivity contribution in [3.8, 4) is 5.75 Å². The lowest BCUT2D eigenvalue weighted by atomic mass is 9.95. The molecule has 2 aromatic rings. The predicted molar refractivity (Wildman–Crippen MR) is 130 cm³/mol. The average Bonchev–Trinajstić information content (AvgIpc) is 2.80. The normalized spacial score (nSPS) is 18.2. The Balaban J connectivity index is 1.44. The van der Waals surface area contributed by atoms with Gasteiger partial charge in [0.1, 0.15) is 5.75 Å². The van der Waals surface area contributed by atoms with Crippen LogP contribution in [0, 0.1) is 6.92 Å². The molecule has 2 aromatic carbocycles. The molecule has 1 amide bonds. The summed E-state index contributed by atoms with van der Waals surface area (Å²) >= 11 is 0. The van der Waals surface area contributed by atoms with Gasteiger partial charge in [-0.1, -0.05) is 30.3 Å². The summed E-state index contributed by atoms with van der Waals surface area (Å²) in [5.74, 6) is 0.683. The lowest BCUT2D eigenvalue weighted by Gasteiger charge is -2.39. The van der Waals surface area contributed by atoms with Crippen LogP contribution in [-0.2, 0) is 11.2 Å². The summed E-state index contributed by atoms with van der Waals surface area (Å²) in [6.07, 6.45) is 2.32. The highest BCUT2D eigenvalue weighted by Gasteiger charge is 2.26. The molecule has 2 aliphatic heterocycles. The zero-order valence-corrected chi connectivity index (χ0v) is 19.6. The van der Waals surface area contributed by atoms with E-state index in [1.54, 1.807) is 0 Å². The molecule has 0 spiro atoms. The van der Waals surface area contributed by atoms with Crippen molar-refractivity contribution in [3.63, 3.8) is 0 Å². The van der Waals surface area contributed by atoms with Crippen LogP contribution in [0.15, 0.2) is 42.5 Å². The van der Waals surface area contributed by atoms with Gasteiger partial charge in [-0.2, -0.15) is 0 Å². The van der Waals surface area contributed by atoms with Crippen LogP contribution in [0.25, 0.3) is 0 Å². The Labute approximate surface area is 192 Å². The topological polar surface area (TPSA) is 48.1 Å². The number of para-hydroxylation sites is 1. The first kappa shape index (κ1) is 22.6. The Morgan fingerprint density at radius 3 is 2.62 bits per heavy atom. The number of amides is 1. The average molecular weight is 437 g/mol. The SMILES string of the molecule is Cc1ccccc1OCC(=O)NCC(c1ccc2c(c1)CCCN2C)N1CCN(C)CC1. The van der Waals surface area contributed by atoms with Gasteiger partial charge in [0, 0.05) is 52.0 Å². The fourth-order valence-corrected chi connectivity index (χ4v) is 4.73. The molecule has 32 heavy (non-hydrogen) atoms. The molecule has 2 aliphatic rings. The van der Waals surface area contributed by atoms with Crippen LogP contribution < -0.4 is 15.0 Å². The molecule has 1 atom stereocenters. The third kappa shape index (κ3) is 5.43. The van der Waals surface area contributed by atoms with E-state index in [0.29, 0.717) is 6.54 Å². The van der Waals surface area contributed by atoms with Gasteiger partial charge >= 0.3 is 0 Å². The molecule has 172 valence electrons.